The highest BCUT2D eigenvalue weighted by molar-refractivity contribution is 6.30. The predicted octanol–water partition coefficient (Wildman–Crippen LogP) is 2.94. The van der Waals surface area contributed by atoms with Crippen LogP contribution in [0.2, 0.25) is 5.02 Å². The van der Waals surface area contributed by atoms with Gasteiger partial charge in [-0.15, -0.1) is 0 Å². The number of piperazine rings is 1. The monoisotopic (exact) mass is 374 g/mol. The van der Waals surface area contributed by atoms with E-state index in [1.54, 1.807) is 34.1 Å². The molecule has 0 radical (unpaired) electrons. The third-order valence-corrected chi connectivity index (χ3v) is 4.73. The number of carbonyl (C=O) groups is 2. The fourth-order valence-corrected chi connectivity index (χ4v) is 3.24. The van der Waals surface area contributed by atoms with Crippen molar-refractivity contribution >= 4 is 23.4 Å². The third-order valence-electron chi connectivity index (χ3n) is 4.50. The zero-order valence-corrected chi connectivity index (χ0v) is 15.1. The van der Waals surface area contributed by atoms with E-state index in [9.17, 15) is 14.0 Å². The minimum atomic E-state index is -0.312. The second-order valence-electron chi connectivity index (χ2n) is 6.37. The molecular formula is C20H20ClFN2O2. The first-order valence-electron chi connectivity index (χ1n) is 8.56. The molecule has 1 fully saturated rings. The number of rotatable bonds is 4. The Kier molecular flexibility index (Phi) is 5.89. The maximum Gasteiger partial charge on any atom is 0.227 e. The molecule has 0 bridgehead atoms. The van der Waals surface area contributed by atoms with Gasteiger partial charge in [0.1, 0.15) is 5.82 Å². The van der Waals surface area contributed by atoms with Crippen LogP contribution in [0, 0.1) is 5.82 Å². The van der Waals surface area contributed by atoms with E-state index >= 15 is 0 Å². The highest BCUT2D eigenvalue weighted by Crippen LogP contribution is 2.13. The molecule has 0 unspecified atom stereocenters. The van der Waals surface area contributed by atoms with Crippen LogP contribution >= 0.6 is 11.6 Å². The Balaban J connectivity index is 1.49. The lowest BCUT2D eigenvalue weighted by Crippen LogP contribution is -2.51. The van der Waals surface area contributed by atoms with E-state index in [1.807, 2.05) is 12.1 Å². The maximum atomic E-state index is 12.9. The minimum Gasteiger partial charge on any atom is -0.339 e. The summed E-state index contributed by atoms with van der Waals surface area (Å²) in [4.78, 5) is 28.3. The first kappa shape index (κ1) is 18.4. The molecule has 26 heavy (non-hydrogen) atoms. The molecule has 136 valence electrons. The molecule has 2 amide bonds. The second kappa shape index (κ2) is 8.32. The molecule has 0 saturated carbocycles. The van der Waals surface area contributed by atoms with Gasteiger partial charge in [-0.3, -0.25) is 9.59 Å². The number of carbonyl (C=O) groups excluding carboxylic acids is 2. The van der Waals surface area contributed by atoms with E-state index in [0.717, 1.165) is 11.1 Å². The molecular weight excluding hydrogens is 355 g/mol. The van der Waals surface area contributed by atoms with Gasteiger partial charge in [0.25, 0.3) is 0 Å². The summed E-state index contributed by atoms with van der Waals surface area (Å²) in [6, 6.07) is 13.2. The minimum absolute atomic E-state index is 0.00134. The van der Waals surface area contributed by atoms with Crippen LogP contribution in [0.5, 0.6) is 0 Å². The van der Waals surface area contributed by atoms with Gasteiger partial charge in [-0.05, 0) is 35.4 Å². The third kappa shape index (κ3) is 4.82. The van der Waals surface area contributed by atoms with E-state index in [1.165, 1.54) is 12.1 Å². The Morgan fingerprint density at radius 2 is 1.38 bits per heavy atom. The molecule has 0 aliphatic carbocycles. The van der Waals surface area contributed by atoms with Gasteiger partial charge in [0.05, 0.1) is 12.8 Å². The van der Waals surface area contributed by atoms with Gasteiger partial charge in [-0.2, -0.15) is 0 Å². The average Bonchev–Trinajstić information content (AvgIpc) is 2.64. The van der Waals surface area contributed by atoms with E-state index in [0.29, 0.717) is 37.6 Å². The van der Waals surface area contributed by atoms with Gasteiger partial charge in [-0.25, -0.2) is 4.39 Å². The quantitative estimate of drug-likeness (QED) is 0.825. The molecule has 0 aromatic heterocycles. The number of amides is 2. The van der Waals surface area contributed by atoms with Crippen LogP contribution < -0.4 is 0 Å². The van der Waals surface area contributed by atoms with Crippen LogP contribution in [0.3, 0.4) is 0 Å². The number of halogens is 2. The van der Waals surface area contributed by atoms with E-state index in [4.69, 9.17) is 11.6 Å². The van der Waals surface area contributed by atoms with Crippen LogP contribution in [-0.2, 0) is 22.4 Å². The summed E-state index contributed by atoms with van der Waals surface area (Å²) in [6.07, 6.45) is 0.556. The van der Waals surface area contributed by atoms with Gasteiger partial charge in [0.15, 0.2) is 0 Å². The number of hydrogen-bond donors (Lipinski definition) is 0. The Labute approximate surface area is 157 Å². The number of benzene rings is 2. The van der Waals surface area contributed by atoms with Crippen LogP contribution in [0.4, 0.5) is 4.39 Å². The lowest BCUT2D eigenvalue weighted by Gasteiger charge is -2.35. The molecule has 1 heterocycles. The Morgan fingerprint density at radius 1 is 0.846 bits per heavy atom. The van der Waals surface area contributed by atoms with Crippen LogP contribution in [0.25, 0.3) is 0 Å². The molecule has 0 atom stereocenters. The normalized spacial score (nSPS) is 14.4. The molecule has 1 saturated heterocycles. The largest absolute Gasteiger partial charge is 0.339 e. The first-order chi connectivity index (χ1) is 12.5. The molecule has 0 N–H and O–H groups in total. The summed E-state index contributed by atoms with van der Waals surface area (Å²) in [6.45, 7) is 2.08. The zero-order valence-electron chi connectivity index (χ0n) is 14.3. The van der Waals surface area contributed by atoms with Crippen molar-refractivity contribution in [2.24, 2.45) is 0 Å². The van der Waals surface area contributed by atoms with Gasteiger partial charge < -0.3 is 9.80 Å². The van der Waals surface area contributed by atoms with E-state index < -0.39 is 0 Å². The molecule has 1 aliphatic heterocycles. The van der Waals surface area contributed by atoms with Gasteiger partial charge in [0.2, 0.25) is 11.8 Å². The maximum absolute atomic E-state index is 12.9. The number of nitrogens with zero attached hydrogens (tertiary/aromatic N) is 2. The van der Waals surface area contributed by atoms with Crippen molar-refractivity contribution in [2.45, 2.75) is 12.8 Å². The van der Waals surface area contributed by atoms with Crippen molar-refractivity contribution < 1.29 is 14.0 Å². The Bertz CT molecular complexity index is 787. The van der Waals surface area contributed by atoms with Crippen LogP contribution in [0.1, 0.15) is 11.1 Å². The van der Waals surface area contributed by atoms with E-state index in [2.05, 4.69) is 0 Å². The predicted molar refractivity (Wildman–Crippen MR) is 98.4 cm³/mol. The van der Waals surface area contributed by atoms with Crippen LogP contribution in [0.15, 0.2) is 48.5 Å². The van der Waals surface area contributed by atoms with Crippen molar-refractivity contribution in [1.29, 1.82) is 0 Å². The van der Waals surface area contributed by atoms with Crippen molar-refractivity contribution in [3.63, 3.8) is 0 Å². The molecule has 2 aromatic carbocycles. The van der Waals surface area contributed by atoms with Crippen LogP contribution in [-0.4, -0.2) is 47.8 Å². The first-order valence-corrected chi connectivity index (χ1v) is 8.93. The SMILES string of the molecule is O=C(Cc1ccc(F)cc1)N1CCN(C(=O)Cc2cccc(Cl)c2)CC1. The summed E-state index contributed by atoms with van der Waals surface area (Å²) in [5.74, 6) is -0.274. The highest BCUT2D eigenvalue weighted by atomic mass is 35.5. The molecule has 0 spiro atoms. The van der Waals surface area contributed by atoms with Gasteiger partial charge >= 0.3 is 0 Å². The molecule has 4 nitrogen and oxygen atoms in total. The lowest BCUT2D eigenvalue weighted by atomic mass is 10.1. The summed E-state index contributed by atoms with van der Waals surface area (Å²) < 4.78 is 12.9. The fraction of sp³-hybridized carbons (Fsp3) is 0.300. The molecule has 3 rings (SSSR count). The molecule has 1 aliphatic rings. The standard InChI is InChI=1S/C20H20ClFN2O2/c21-17-3-1-2-16(12-17)14-20(26)24-10-8-23(9-11-24)19(25)13-15-4-6-18(22)7-5-15/h1-7,12H,8-11,13-14H2. The van der Waals surface area contributed by atoms with Crippen molar-refractivity contribution in [3.05, 3.63) is 70.5 Å². The van der Waals surface area contributed by atoms with Crippen molar-refractivity contribution in [1.82, 2.24) is 9.80 Å². The van der Waals surface area contributed by atoms with Gasteiger partial charge in [0, 0.05) is 31.2 Å². The summed E-state index contributed by atoms with van der Waals surface area (Å²) in [5.41, 5.74) is 1.67. The van der Waals surface area contributed by atoms with Crippen molar-refractivity contribution in [3.8, 4) is 0 Å². The summed E-state index contributed by atoms with van der Waals surface area (Å²) >= 11 is 5.95. The molecule has 2 aromatic rings. The number of hydrogen-bond acceptors (Lipinski definition) is 2. The highest BCUT2D eigenvalue weighted by Gasteiger charge is 2.24. The van der Waals surface area contributed by atoms with Gasteiger partial charge in [-0.1, -0.05) is 35.9 Å². The summed E-state index contributed by atoms with van der Waals surface area (Å²) in [7, 11) is 0. The Morgan fingerprint density at radius 3 is 1.92 bits per heavy atom. The van der Waals surface area contributed by atoms with Crippen molar-refractivity contribution in [2.75, 3.05) is 26.2 Å². The zero-order chi connectivity index (χ0) is 18.5. The summed E-state index contributed by atoms with van der Waals surface area (Å²) in [5, 5.41) is 0.617. The second-order valence-corrected chi connectivity index (χ2v) is 6.81. The average molecular weight is 375 g/mol. The fourth-order valence-electron chi connectivity index (χ4n) is 3.03. The topological polar surface area (TPSA) is 40.6 Å². The smallest absolute Gasteiger partial charge is 0.227 e. The Hall–Kier alpha value is -2.40. The molecule has 6 heteroatoms. The van der Waals surface area contributed by atoms with E-state index in [-0.39, 0.29) is 24.1 Å². The lowest BCUT2D eigenvalue weighted by molar-refractivity contribution is -0.138.